The summed E-state index contributed by atoms with van der Waals surface area (Å²) in [7, 11) is -2.27. The Labute approximate surface area is 228 Å². The number of carbonyl (C=O) groups excluding carboxylic acids is 2. The lowest BCUT2D eigenvalue weighted by Gasteiger charge is -2.17. The summed E-state index contributed by atoms with van der Waals surface area (Å²) < 4.78 is 45.7. The molecule has 12 heteroatoms. The van der Waals surface area contributed by atoms with E-state index in [-0.39, 0.29) is 41.7 Å². The maximum atomic E-state index is 13.1. The third kappa shape index (κ3) is 5.58. The van der Waals surface area contributed by atoms with Gasteiger partial charge in [0.25, 0.3) is 5.91 Å². The van der Waals surface area contributed by atoms with Crippen LogP contribution in [0.1, 0.15) is 22.8 Å². The number of nitrogens with zero attached hydrogens (tertiary/aromatic N) is 3. The summed E-state index contributed by atoms with van der Waals surface area (Å²) >= 11 is 1.21. The van der Waals surface area contributed by atoms with Crippen LogP contribution in [0.5, 0.6) is 11.5 Å². The molecule has 39 heavy (non-hydrogen) atoms. The number of carbonyl (C=O) groups is 2. The average Bonchev–Trinajstić information content (AvgIpc) is 3.51. The fourth-order valence-electron chi connectivity index (χ4n) is 4.06. The molecule has 0 fully saturated rings. The van der Waals surface area contributed by atoms with Crippen molar-refractivity contribution in [2.45, 2.75) is 24.9 Å². The van der Waals surface area contributed by atoms with Gasteiger partial charge in [0, 0.05) is 31.3 Å². The summed E-state index contributed by atoms with van der Waals surface area (Å²) in [6.07, 6.45) is 0. The topological polar surface area (TPSA) is 117 Å². The Hall–Kier alpha value is -4.00. The number of sulfonamides is 1. The van der Waals surface area contributed by atoms with Crippen LogP contribution in [0.25, 0.3) is 10.2 Å². The normalized spacial score (nSPS) is 13.3. The molecule has 1 amide bonds. The van der Waals surface area contributed by atoms with Gasteiger partial charge in [0.15, 0.2) is 16.3 Å². The third-order valence-electron chi connectivity index (χ3n) is 6.02. The summed E-state index contributed by atoms with van der Waals surface area (Å²) in [4.78, 5) is 30.0. The zero-order valence-corrected chi connectivity index (χ0v) is 22.8. The molecule has 0 bridgehead atoms. The number of aromatic nitrogens is 1. The molecule has 0 saturated heterocycles. The molecule has 1 aliphatic rings. The lowest BCUT2D eigenvalue weighted by Crippen LogP contribution is -2.26. The third-order valence-corrected chi connectivity index (χ3v) is 8.88. The van der Waals surface area contributed by atoms with E-state index in [4.69, 9.17) is 14.2 Å². The highest BCUT2D eigenvalue weighted by Crippen LogP contribution is 2.37. The molecule has 0 atom stereocenters. The van der Waals surface area contributed by atoms with Crippen molar-refractivity contribution >= 4 is 43.5 Å². The van der Waals surface area contributed by atoms with Gasteiger partial charge in [0.05, 0.1) is 21.7 Å². The fraction of sp³-hybridized carbons (Fsp3) is 0.222. The highest BCUT2D eigenvalue weighted by Gasteiger charge is 2.22. The summed E-state index contributed by atoms with van der Waals surface area (Å²) in [6, 6.07) is 18.4. The molecule has 0 saturated carbocycles. The molecule has 10 nitrogen and oxygen atoms in total. The Morgan fingerprint density at radius 1 is 1.05 bits per heavy atom. The van der Waals surface area contributed by atoms with Crippen molar-refractivity contribution in [1.29, 1.82) is 0 Å². The number of amides is 1. The van der Waals surface area contributed by atoms with E-state index < -0.39 is 21.9 Å². The maximum absolute atomic E-state index is 13.1. The van der Waals surface area contributed by atoms with Crippen molar-refractivity contribution in [1.82, 2.24) is 8.87 Å². The van der Waals surface area contributed by atoms with Gasteiger partial charge in [-0.15, -0.1) is 0 Å². The highest BCUT2D eigenvalue weighted by atomic mass is 32.2. The monoisotopic (exact) mass is 567 g/mol. The molecule has 202 valence electrons. The van der Waals surface area contributed by atoms with Gasteiger partial charge < -0.3 is 18.8 Å². The Morgan fingerprint density at radius 2 is 1.74 bits per heavy atom. The smallest absolute Gasteiger partial charge is 0.326 e. The maximum Gasteiger partial charge on any atom is 0.326 e. The van der Waals surface area contributed by atoms with Crippen LogP contribution in [0.4, 0.5) is 0 Å². The second kappa shape index (κ2) is 11.0. The minimum absolute atomic E-state index is 0.0613. The molecule has 1 aliphatic heterocycles. The molecule has 4 aromatic rings. The first kappa shape index (κ1) is 26.6. The van der Waals surface area contributed by atoms with Crippen molar-refractivity contribution in [3.63, 3.8) is 0 Å². The molecular weight excluding hydrogens is 542 g/mol. The van der Waals surface area contributed by atoms with E-state index in [0.717, 1.165) is 10.3 Å². The van der Waals surface area contributed by atoms with Gasteiger partial charge in [0.1, 0.15) is 6.54 Å². The van der Waals surface area contributed by atoms with Gasteiger partial charge >= 0.3 is 5.97 Å². The van der Waals surface area contributed by atoms with Crippen molar-refractivity contribution in [3.8, 4) is 11.5 Å². The number of rotatable bonds is 8. The van der Waals surface area contributed by atoms with Gasteiger partial charge in [0.2, 0.25) is 16.8 Å². The first-order valence-corrected chi connectivity index (χ1v) is 14.3. The van der Waals surface area contributed by atoms with Crippen molar-refractivity contribution in [3.05, 3.63) is 82.7 Å². The van der Waals surface area contributed by atoms with E-state index in [1.165, 1.54) is 47.0 Å². The van der Waals surface area contributed by atoms with Crippen LogP contribution in [0.3, 0.4) is 0 Å². The molecule has 0 N–H and O–H groups in total. The number of esters is 1. The molecule has 1 aromatic heterocycles. The number of benzene rings is 3. The van der Waals surface area contributed by atoms with Crippen LogP contribution >= 0.6 is 11.3 Å². The highest BCUT2D eigenvalue weighted by molar-refractivity contribution is 7.89. The summed E-state index contributed by atoms with van der Waals surface area (Å²) in [6.45, 7) is 2.10. The van der Waals surface area contributed by atoms with Crippen LogP contribution in [0, 0.1) is 0 Å². The molecule has 0 spiro atoms. The second-order valence-corrected chi connectivity index (χ2v) is 11.7. The van der Waals surface area contributed by atoms with Crippen LogP contribution in [0.2, 0.25) is 0 Å². The minimum atomic E-state index is -3.77. The van der Waals surface area contributed by atoms with Gasteiger partial charge in [-0.3, -0.25) is 9.59 Å². The Kier molecular flexibility index (Phi) is 7.51. The first-order chi connectivity index (χ1) is 18.8. The van der Waals surface area contributed by atoms with Gasteiger partial charge in [-0.05, 0) is 36.8 Å². The number of fused-ring (bicyclic) bond motifs is 2. The molecular formula is C27H25N3O7S2. The van der Waals surface area contributed by atoms with Crippen molar-refractivity contribution in [2.75, 3.05) is 20.4 Å². The number of thiazole rings is 1. The van der Waals surface area contributed by atoms with E-state index in [2.05, 4.69) is 4.99 Å². The minimum Gasteiger partial charge on any atom is -0.465 e. The van der Waals surface area contributed by atoms with E-state index in [1.54, 1.807) is 23.6 Å². The molecule has 0 radical (unpaired) electrons. The fourth-order valence-corrected chi connectivity index (χ4v) is 6.26. The van der Waals surface area contributed by atoms with E-state index in [9.17, 15) is 18.0 Å². The van der Waals surface area contributed by atoms with E-state index in [0.29, 0.717) is 17.0 Å². The lowest BCUT2D eigenvalue weighted by atomic mass is 10.2. The largest absolute Gasteiger partial charge is 0.465 e. The molecule has 0 unspecified atom stereocenters. The van der Waals surface area contributed by atoms with Crippen LogP contribution in [-0.2, 0) is 32.6 Å². The van der Waals surface area contributed by atoms with Crippen molar-refractivity contribution in [2.24, 2.45) is 4.99 Å². The van der Waals surface area contributed by atoms with Gasteiger partial charge in [-0.25, -0.2) is 8.42 Å². The number of ether oxygens (including phenoxy) is 3. The van der Waals surface area contributed by atoms with E-state index in [1.807, 2.05) is 30.3 Å². The standard InChI is InChI=1S/C27H25N3O7S2/c1-3-35-25(31)16-30-21-13-22-23(37-17-36-22)14-24(21)38-27(30)28-26(32)19-9-11-20(12-10-19)39(33,34)29(2)15-18-7-5-4-6-8-18/h4-14H,3,15-17H2,1-2H3. The Bertz CT molecular complexity index is 1710. The lowest BCUT2D eigenvalue weighted by molar-refractivity contribution is -0.143. The quantitative estimate of drug-likeness (QED) is 0.299. The summed E-state index contributed by atoms with van der Waals surface area (Å²) in [5.41, 5.74) is 1.71. The predicted molar refractivity (Wildman–Crippen MR) is 144 cm³/mol. The summed E-state index contributed by atoms with van der Waals surface area (Å²) in [5.74, 6) is 0.0440. The second-order valence-electron chi connectivity index (χ2n) is 8.64. The Morgan fingerprint density at radius 3 is 2.44 bits per heavy atom. The molecule has 3 aromatic carbocycles. The van der Waals surface area contributed by atoms with Crippen LogP contribution < -0.4 is 14.3 Å². The summed E-state index contributed by atoms with van der Waals surface area (Å²) in [5, 5.41) is 0. The Balaban J connectivity index is 1.44. The van der Waals surface area contributed by atoms with Crippen LogP contribution in [0.15, 0.2) is 76.6 Å². The molecule has 2 heterocycles. The zero-order valence-electron chi connectivity index (χ0n) is 21.2. The SMILES string of the molecule is CCOC(=O)Cn1c(=NC(=O)c2ccc(S(=O)(=O)N(C)Cc3ccccc3)cc2)sc2cc3c(cc21)OCO3. The van der Waals surface area contributed by atoms with Crippen molar-refractivity contribution < 1.29 is 32.2 Å². The zero-order chi connectivity index (χ0) is 27.6. The predicted octanol–water partition coefficient (Wildman–Crippen LogP) is 3.56. The van der Waals surface area contributed by atoms with E-state index >= 15 is 0 Å². The van der Waals surface area contributed by atoms with Gasteiger partial charge in [-0.2, -0.15) is 9.30 Å². The van der Waals surface area contributed by atoms with Gasteiger partial charge in [-0.1, -0.05) is 41.7 Å². The number of hydrogen-bond donors (Lipinski definition) is 0. The number of hydrogen-bond acceptors (Lipinski definition) is 8. The van der Waals surface area contributed by atoms with Crippen LogP contribution in [-0.4, -0.2) is 49.6 Å². The first-order valence-electron chi connectivity index (χ1n) is 12.0. The molecule has 0 aliphatic carbocycles. The average molecular weight is 568 g/mol. The molecule has 5 rings (SSSR count).